The second kappa shape index (κ2) is 17.0. The Morgan fingerprint density at radius 3 is 2.14 bits per heavy atom. The van der Waals surface area contributed by atoms with Crippen LogP contribution in [-0.4, -0.2) is 98.9 Å². The van der Waals surface area contributed by atoms with Crippen molar-refractivity contribution in [1.82, 2.24) is 14.1 Å². The Labute approximate surface area is 215 Å². The Morgan fingerprint density at radius 1 is 1.06 bits per heavy atom. The number of benzene rings is 1. The summed E-state index contributed by atoms with van der Waals surface area (Å²) in [5.41, 5.74) is 7.06. The second-order valence-electron chi connectivity index (χ2n) is 9.61. The third kappa shape index (κ3) is 11.8. The highest BCUT2D eigenvalue weighted by molar-refractivity contribution is 7.82. The summed E-state index contributed by atoms with van der Waals surface area (Å²) in [5, 5.41) is 0. The van der Waals surface area contributed by atoms with Crippen molar-refractivity contribution in [2.45, 2.75) is 50.8 Å². The second-order valence-corrected chi connectivity index (χ2v) is 11.1. The largest absolute Gasteiger partial charge is 0.497 e. The summed E-state index contributed by atoms with van der Waals surface area (Å²) in [6, 6.07) is 3.79. The average molecular weight is 513 g/mol. The van der Waals surface area contributed by atoms with Crippen molar-refractivity contribution in [3.05, 3.63) is 23.3 Å². The van der Waals surface area contributed by atoms with Gasteiger partial charge in [-0.3, -0.25) is 4.79 Å². The standard InChI is InChI=1S/C22H36N2O4S.C4H12N2/c1-17-13-20(27-5)14-18(2)22(17)29(26)24(4)11-12-28-16-21(25)23(3)15-19-9-7-6-8-10-19;1-6(2)4-3-5/h13-14,19H,6-12,15-16H2,1-5H3;3-5H2,1-2H3. The minimum Gasteiger partial charge on any atom is -0.497 e. The van der Waals surface area contributed by atoms with Crippen LogP contribution in [0.5, 0.6) is 5.75 Å². The number of nitrogens with zero attached hydrogens (tertiary/aromatic N) is 3. The summed E-state index contributed by atoms with van der Waals surface area (Å²) in [6.07, 6.45) is 6.32. The molecule has 1 aromatic rings. The maximum Gasteiger partial charge on any atom is 0.248 e. The third-order valence-corrected chi connectivity index (χ3v) is 7.90. The molecule has 0 heterocycles. The SMILES string of the molecule is CN(C)CCN.COc1cc(C)c(S(=O)N(C)CCOCC(=O)N(C)CC2CCCCC2)c(C)c1. The van der Waals surface area contributed by atoms with E-state index in [1.165, 1.54) is 32.1 Å². The summed E-state index contributed by atoms with van der Waals surface area (Å²) in [4.78, 5) is 16.9. The van der Waals surface area contributed by atoms with Gasteiger partial charge in [0.25, 0.3) is 0 Å². The zero-order valence-corrected chi connectivity index (χ0v) is 23.8. The predicted octanol–water partition coefficient (Wildman–Crippen LogP) is 2.83. The Bertz CT molecular complexity index is 762. The van der Waals surface area contributed by atoms with Gasteiger partial charge in [-0.05, 0) is 70.0 Å². The first-order chi connectivity index (χ1) is 16.6. The molecule has 2 rings (SSSR count). The fourth-order valence-corrected chi connectivity index (χ4v) is 5.34. The van der Waals surface area contributed by atoms with Crippen LogP contribution in [0, 0.1) is 19.8 Å². The fourth-order valence-electron chi connectivity index (χ4n) is 4.12. The number of carbonyl (C=O) groups is 1. The molecule has 1 atom stereocenters. The van der Waals surface area contributed by atoms with E-state index in [1.807, 2.05) is 47.1 Å². The van der Waals surface area contributed by atoms with Gasteiger partial charge in [0.05, 0.1) is 18.6 Å². The molecular formula is C26H48N4O4S. The Balaban J connectivity index is 0.000000905. The molecule has 1 aliphatic carbocycles. The van der Waals surface area contributed by atoms with E-state index in [4.69, 9.17) is 15.2 Å². The van der Waals surface area contributed by atoms with E-state index < -0.39 is 11.0 Å². The highest BCUT2D eigenvalue weighted by atomic mass is 32.2. The molecule has 35 heavy (non-hydrogen) atoms. The predicted molar refractivity (Wildman–Crippen MR) is 144 cm³/mol. The molecule has 0 spiro atoms. The van der Waals surface area contributed by atoms with Crippen molar-refractivity contribution >= 4 is 16.9 Å². The van der Waals surface area contributed by atoms with E-state index in [9.17, 15) is 9.00 Å². The van der Waals surface area contributed by atoms with Gasteiger partial charge >= 0.3 is 0 Å². The van der Waals surface area contributed by atoms with Gasteiger partial charge in [-0.25, -0.2) is 8.51 Å². The fraction of sp³-hybridized carbons (Fsp3) is 0.731. The molecule has 1 unspecified atom stereocenters. The zero-order chi connectivity index (χ0) is 26.4. The van der Waals surface area contributed by atoms with E-state index in [0.29, 0.717) is 19.1 Å². The van der Waals surface area contributed by atoms with Crippen LogP contribution >= 0.6 is 0 Å². The van der Waals surface area contributed by atoms with E-state index in [0.717, 1.165) is 41.4 Å². The van der Waals surface area contributed by atoms with E-state index in [-0.39, 0.29) is 12.5 Å². The van der Waals surface area contributed by atoms with Gasteiger partial charge < -0.3 is 25.0 Å². The molecule has 1 saturated carbocycles. The van der Waals surface area contributed by atoms with Gasteiger partial charge in [-0.2, -0.15) is 0 Å². The number of nitrogens with two attached hydrogens (primary N) is 1. The van der Waals surface area contributed by atoms with Gasteiger partial charge in [-0.15, -0.1) is 0 Å². The van der Waals surface area contributed by atoms with Gasteiger partial charge in [0, 0.05) is 40.3 Å². The summed E-state index contributed by atoms with van der Waals surface area (Å²) < 4.78 is 25.5. The lowest BCUT2D eigenvalue weighted by atomic mass is 9.89. The maximum atomic E-state index is 12.9. The van der Waals surface area contributed by atoms with E-state index >= 15 is 0 Å². The number of ether oxygens (including phenoxy) is 2. The van der Waals surface area contributed by atoms with Crippen LogP contribution in [0.25, 0.3) is 0 Å². The quantitative estimate of drug-likeness (QED) is 0.433. The molecule has 2 N–H and O–H groups in total. The van der Waals surface area contributed by atoms with Gasteiger partial charge in [-0.1, -0.05) is 19.3 Å². The smallest absolute Gasteiger partial charge is 0.248 e. The molecule has 0 bridgehead atoms. The van der Waals surface area contributed by atoms with Crippen LogP contribution in [0.1, 0.15) is 43.2 Å². The molecule has 1 amide bonds. The molecule has 0 saturated heterocycles. The van der Waals surface area contributed by atoms with E-state index in [1.54, 1.807) is 23.4 Å². The molecule has 1 aromatic carbocycles. The lowest BCUT2D eigenvalue weighted by molar-refractivity contribution is -0.135. The Hall–Kier alpha value is -1.52. The third-order valence-electron chi connectivity index (χ3n) is 6.16. The number of hydrogen-bond donors (Lipinski definition) is 1. The topological polar surface area (TPSA) is 88.3 Å². The highest BCUT2D eigenvalue weighted by Crippen LogP contribution is 2.26. The van der Waals surface area contributed by atoms with Crippen LogP contribution in [0.4, 0.5) is 0 Å². The Kier molecular flexibility index (Phi) is 15.3. The minimum absolute atomic E-state index is 0.0150. The number of carbonyl (C=O) groups excluding carboxylic acids is 1. The minimum atomic E-state index is -1.29. The number of hydrogen-bond acceptors (Lipinski definition) is 6. The maximum absolute atomic E-state index is 12.9. The lowest BCUT2D eigenvalue weighted by Gasteiger charge is -2.27. The van der Waals surface area contributed by atoms with E-state index in [2.05, 4.69) is 4.90 Å². The summed E-state index contributed by atoms with van der Waals surface area (Å²) in [6.45, 7) is 7.36. The Morgan fingerprint density at radius 2 is 1.66 bits per heavy atom. The first-order valence-corrected chi connectivity index (χ1v) is 13.7. The molecule has 9 heteroatoms. The van der Waals surface area contributed by atoms with Crippen molar-refractivity contribution in [1.29, 1.82) is 0 Å². The van der Waals surface area contributed by atoms with Gasteiger partial charge in [0.2, 0.25) is 5.91 Å². The van der Waals surface area contributed by atoms with Crippen LogP contribution in [0.3, 0.4) is 0 Å². The van der Waals surface area contributed by atoms with Crippen molar-refractivity contribution in [2.75, 3.05) is 74.7 Å². The zero-order valence-electron chi connectivity index (χ0n) is 23.0. The van der Waals surface area contributed by atoms with Crippen LogP contribution in [0.15, 0.2) is 17.0 Å². The molecule has 1 aliphatic rings. The highest BCUT2D eigenvalue weighted by Gasteiger charge is 2.19. The number of likely N-dealkylation sites (N-methyl/N-ethyl adjacent to an activating group) is 3. The van der Waals surface area contributed by atoms with Gasteiger partial charge in [0.15, 0.2) is 0 Å². The molecule has 8 nitrogen and oxygen atoms in total. The molecule has 1 fully saturated rings. The lowest BCUT2D eigenvalue weighted by Crippen LogP contribution is -2.36. The van der Waals surface area contributed by atoms with Crippen molar-refractivity contribution in [3.8, 4) is 5.75 Å². The number of amides is 1. The van der Waals surface area contributed by atoms with Crippen LogP contribution in [-0.2, 0) is 20.5 Å². The summed E-state index contributed by atoms with van der Waals surface area (Å²) in [5.74, 6) is 1.41. The monoisotopic (exact) mass is 512 g/mol. The number of rotatable bonds is 12. The first kappa shape index (κ1) is 31.5. The molecule has 0 aliphatic heterocycles. The molecular weight excluding hydrogens is 464 g/mol. The number of aryl methyl sites for hydroxylation is 2. The summed E-state index contributed by atoms with van der Waals surface area (Å²) in [7, 11) is 8.02. The molecule has 0 radical (unpaired) electrons. The first-order valence-electron chi connectivity index (χ1n) is 12.5. The van der Waals surface area contributed by atoms with Crippen LogP contribution in [0.2, 0.25) is 0 Å². The average Bonchev–Trinajstić information content (AvgIpc) is 2.81. The normalized spacial score (nSPS) is 15.0. The van der Waals surface area contributed by atoms with Crippen molar-refractivity contribution in [3.63, 3.8) is 0 Å². The summed E-state index contributed by atoms with van der Waals surface area (Å²) >= 11 is 0. The molecule has 202 valence electrons. The number of methoxy groups -OCH3 is 1. The van der Waals surface area contributed by atoms with Crippen molar-refractivity contribution < 1.29 is 18.5 Å². The molecule has 0 aromatic heterocycles. The van der Waals surface area contributed by atoms with Gasteiger partial charge in [0.1, 0.15) is 23.3 Å². The van der Waals surface area contributed by atoms with Crippen LogP contribution < -0.4 is 10.5 Å². The van der Waals surface area contributed by atoms with Crippen molar-refractivity contribution in [2.24, 2.45) is 11.7 Å².